The molecule has 130 valence electrons. The number of carbonyl (C=O) groups excluding carboxylic acids is 2. The Morgan fingerprint density at radius 3 is 2.40 bits per heavy atom. The van der Waals surface area contributed by atoms with Crippen LogP contribution in [0.2, 0.25) is 0 Å². The molecule has 0 aromatic heterocycles. The van der Waals surface area contributed by atoms with Crippen LogP contribution in [0.4, 0.5) is 0 Å². The summed E-state index contributed by atoms with van der Waals surface area (Å²) in [5.74, 6) is 0.0946. The predicted molar refractivity (Wildman–Crippen MR) is 95.9 cm³/mol. The van der Waals surface area contributed by atoms with Crippen molar-refractivity contribution in [1.29, 1.82) is 0 Å². The maximum atomic E-state index is 13.0. The van der Waals surface area contributed by atoms with E-state index in [1.165, 1.54) is 0 Å². The quantitative estimate of drug-likeness (QED) is 0.755. The lowest BCUT2D eigenvalue weighted by atomic mass is 9.92. The van der Waals surface area contributed by atoms with Gasteiger partial charge in [0.05, 0.1) is 12.6 Å². The molecule has 3 atom stereocenters. The molecule has 1 aliphatic heterocycles. The molecule has 0 spiro atoms. The molecule has 0 saturated carbocycles. The van der Waals surface area contributed by atoms with Crippen LogP contribution in [0.15, 0.2) is 60.7 Å². The molecule has 1 heterocycles. The summed E-state index contributed by atoms with van der Waals surface area (Å²) >= 11 is 0. The van der Waals surface area contributed by atoms with E-state index < -0.39 is 6.23 Å². The lowest BCUT2D eigenvalue weighted by Gasteiger charge is -2.28. The largest absolute Gasteiger partial charge is 0.349 e. The molecule has 0 aliphatic carbocycles. The highest BCUT2D eigenvalue weighted by molar-refractivity contribution is 5.81. The van der Waals surface area contributed by atoms with Crippen LogP contribution in [0.1, 0.15) is 42.9 Å². The smallest absolute Gasteiger partial charge is 0.226 e. The first-order chi connectivity index (χ1) is 12.2. The van der Waals surface area contributed by atoms with Crippen molar-refractivity contribution in [2.24, 2.45) is 0 Å². The van der Waals surface area contributed by atoms with Gasteiger partial charge in [0.1, 0.15) is 0 Å². The van der Waals surface area contributed by atoms with Gasteiger partial charge in [0, 0.05) is 6.42 Å². The van der Waals surface area contributed by atoms with Crippen LogP contribution < -0.4 is 0 Å². The molecule has 2 aromatic rings. The molecule has 1 unspecified atom stereocenters. The molecular formula is C21H23NO3. The van der Waals surface area contributed by atoms with E-state index in [1.54, 1.807) is 4.90 Å². The Hall–Kier alpha value is -2.46. The minimum atomic E-state index is -0.800. The van der Waals surface area contributed by atoms with E-state index in [4.69, 9.17) is 4.74 Å². The SMILES string of the molecule is CC[C@H](CC(=O)N1C(C=O)OC[C@@H]1c1ccccc1)c1ccccc1. The highest BCUT2D eigenvalue weighted by atomic mass is 16.5. The fraction of sp³-hybridized carbons (Fsp3) is 0.333. The van der Waals surface area contributed by atoms with Gasteiger partial charge in [0.15, 0.2) is 12.5 Å². The minimum Gasteiger partial charge on any atom is -0.349 e. The maximum absolute atomic E-state index is 13.0. The van der Waals surface area contributed by atoms with Gasteiger partial charge in [-0.1, -0.05) is 67.6 Å². The molecule has 25 heavy (non-hydrogen) atoms. The van der Waals surface area contributed by atoms with Gasteiger partial charge in [-0.25, -0.2) is 0 Å². The fourth-order valence-corrected chi connectivity index (χ4v) is 3.42. The van der Waals surface area contributed by atoms with Gasteiger partial charge in [0.2, 0.25) is 5.91 Å². The second kappa shape index (κ2) is 8.08. The molecular weight excluding hydrogens is 314 g/mol. The molecule has 1 fully saturated rings. The topological polar surface area (TPSA) is 46.6 Å². The minimum absolute atomic E-state index is 0.0424. The van der Waals surface area contributed by atoms with E-state index in [1.807, 2.05) is 60.7 Å². The fourth-order valence-electron chi connectivity index (χ4n) is 3.42. The first-order valence-corrected chi connectivity index (χ1v) is 8.72. The van der Waals surface area contributed by atoms with Crippen LogP contribution in [0.25, 0.3) is 0 Å². The zero-order valence-electron chi connectivity index (χ0n) is 14.4. The number of amides is 1. The Labute approximate surface area is 148 Å². The lowest BCUT2D eigenvalue weighted by molar-refractivity contribution is -0.142. The van der Waals surface area contributed by atoms with E-state index in [0.29, 0.717) is 19.3 Å². The molecule has 4 heteroatoms. The van der Waals surface area contributed by atoms with Crippen molar-refractivity contribution < 1.29 is 14.3 Å². The van der Waals surface area contributed by atoms with E-state index in [2.05, 4.69) is 6.92 Å². The standard InChI is InChI=1S/C21H23NO3/c1-2-16(17-9-5-3-6-10-17)13-20(24)22-19(15-25-21(22)14-23)18-11-7-4-8-12-18/h3-12,14,16,19,21H,2,13,15H2,1H3/t16-,19-,21?/m1/s1. The van der Waals surface area contributed by atoms with E-state index in [0.717, 1.165) is 17.5 Å². The van der Waals surface area contributed by atoms with Gasteiger partial charge in [-0.3, -0.25) is 9.59 Å². The van der Waals surface area contributed by atoms with Gasteiger partial charge < -0.3 is 9.64 Å². The summed E-state index contributed by atoms with van der Waals surface area (Å²) in [4.78, 5) is 26.0. The summed E-state index contributed by atoms with van der Waals surface area (Å²) in [6.45, 7) is 2.43. The average Bonchev–Trinajstić information content (AvgIpc) is 3.11. The number of benzene rings is 2. The highest BCUT2D eigenvalue weighted by Gasteiger charge is 2.39. The van der Waals surface area contributed by atoms with Gasteiger partial charge in [-0.15, -0.1) is 0 Å². The van der Waals surface area contributed by atoms with Gasteiger partial charge in [-0.05, 0) is 23.5 Å². The Morgan fingerprint density at radius 2 is 1.80 bits per heavy atom. The maximum Gasteiger partial charge on any atom is 0.226 e. The summed E-state index contributed by atoms with van der Waals surface area (Å²) in [5, 5.41) is 0. The van der Waals surface area contributed by atoms with Crippen molar-refractivity contribution in [3.63, 3.8) is 0 Å². The van der Waals surface area contributed by atoms with Crippen molar-refractivity contribution in [2.75, 3.05) is 6.61 Å². The Balaban J connectivity index is 1.81. The Bertz CT molecular complexity index is 702. The van der Waals surface area contributed by atoms with E-state index >= 15 is 0 Å². The third kappa shape index (κ3) is 3.80. The number of carbonyl (C=O) groups is 2. The highest BCUT2D eigenvalue weighted by Crippen LogP contribution is 2.33. The molecule has 0 bridgehead atoms. The van der Waals surface area contributed by atoms with Crippen LogP contribution >= 0.6 is 0 Å². The molecule has 1 aliphatic rings. The zero-order valence-corrected chi connectivity index (χ0v) is 14.4. The number of hydrogen-bond donors (Lipinski definition) is 0. The summed E-state index contributed by atoms with van der Waals surface area (Å²) in [6.07, 6.45) is 1.15. The number of ether oxygens (including phenoxy) is 1. The molecule has 1 amide bonds. The summed E-state index contributed by atoms with van der Waals surface area (Å²) in [5.41, 5.74) is 2.14. The van der Waals surface area contributed by atoms with E-state index in [-0.39, 0.29) is 17.9 Å². The van der Waals surface area contributed by atoms with Gasteiger partial charge in [-0.2, -0.15) is 0 Å². The number of rotatable bonds is 6. The van der Waals surface area contributed by atoms with Crippen LogP contribution in [-0.4, -0.2) is 29.9 Å². The van der Waals surface area contributed by atoms with Crippen LogP contribution in [-0.2, 0) is 14.3 Å². The second-order valence-corrected chi connectivity index (χ2v) is 6.31. The zero-order chi connectivity index (χ0) is 17.6. The molecule has 0 N–H and O–H groups in total. The first-order valence-electron chi connectivity index (χ1n) is 8.72. The van der Waals surface area contributed by atoms with Crippen molar-refractivity contribution in [3.8, 4) is 0 Å². The second-order valence-electron chi connectivity index (χ2n) is 6.31. The van der Waals surface area contributed by atoms with Crippen LogP contribution in [0.3, 0.4) is 0 Å². The number of nitrogens with zero attached hydrogens (tertiary/aromatic N) is 1. The third-order valence-corrected chi connectivity index (χ3v) is 4.81. The van der Waals surface area contributed by atoms with Gasteiger partial charge >= 0.3 is 0 Å². The molecule has 2 aromatic carbocycles. The lowest BCUT2D eigenvalue weighted by Crippen LogP contribution is -2.39. The van der Waals surface area contributed by atoms with Crippen LogP contribution in [0.5, 0.6) is 0 Å². The summed E-state index contributed by atoms with van der Waals surface area (Å²) in [7, 11) is 0. The van der Waals surface area contributed by atoms with Crippen molar-refractivity contribution in [3.05, 3.63) is 71.8 Å². The van der Waals surface area contributed by atoms with Crippen molar-refractivity contribution in [2.45, 2.75) is 38.0 Å². The molecule has 1 saturated heterocycles. The number of hydrogen-bond acceptors (Lipinski definition) is 3. The summed E-state index contributed by atoms with van der Waals surface area (Å²) in [6, 6.07) is 19.6. The summed E-state index contributed by atoms with van der Waals surface area (Å²) < 4.78 is 5.56. The molecule has 0 radical (unpaired) electrons. The number of aldehydes is 1. The molecule has 3 rings (SSSR count). The van der Waals surface area contributed by atoms with Crippen molar-refractivity contribution >= 4 is 12.2 Å². The van der Waals surface area contributed by atoms with E-state index in [9.17, 15) is 9.59 Å². The first kappa shape index (κ1) is 17.4. The predicted octanol–water partition coefficient (Wildman–Crippen LogP) is 3.70. The Kier molecular flexibility index (Phi) is 5.61. The van der Waals surface area contributed by atoms with Gasteiger partial charge in [0.25, 0.3) is 0 Å². The monoisotopic (exact) mass is 337 g/mol. The third-order valence-electron chi connectivity index (χ3n) is 4.81. The molecule has 4 nitrogen and oxygen atoms in total. The van der Waals surface area contributed by atoms with Crippen molar-refractivity contribution in [1.82, 2.24) is 4.90 Å². The van der Waals surface area contributed by atoms with Crippen LogP contribution in [0, 0.1) is 0 Å². The Morgan fingerprint density at radius 1 is 1.16 bits per heavy atom. The normalized spacial score (nSPS) is 21.1. The average molecular weight is 337 g/mol.